The summed E-state index contributed by atoms with van der Waals surface area (Å²) in [4.78, 5) is 11.8. The number of halogens is 2. The Bertz CT molecular complexity index is 471. The molecule has 0 aliphatic carbocycles. The van der Waals surface area contributed by atoms with Crippen molar-refractivity contribution in [3.63, 3.8) is 0 Å². The summed E-state index contributed by atoms with van der Waals surface area (Å²) in [5.74, 6) is -1.36. The molecule has 2 N–H and O–H groups in total. The summed E-state index contributed by atoms with van der Waals surface area (Å²) in [6.07, 6.45) is 1.99. The molecule has 1 aromatic carbocycles. The Hall–Kier alpha value is -1.49. The molecule has 5 heteroatoms. The average molecular weight is 268 g/mol. The van der Waals surface area contributed by atoms with Crippen LogP contribution < -0.4 is 10.6 Å². The summed E-state index contributed by atoms with van der Waals surface area (Å²) < 4.78 is 26.6. The van der Waals surface area contributed by atoms with Gasteiger partial charge in [0.15, 0.2) is 0 Å². The van der Waals surface area contributed by atoms with Crippen molar-refractivity contribution < 1.29 is 13.6 Å². The van der Waals surface area contributed by atoms with Gasteiger partial charge in [-0.05, 0) is 50.4 Å². The summed E-state index contributed by atoms with van der Waals surface area (Å²) in [6, 6.07) is 2.00. The lowest BCUT2D eigenvalue weighted by Crippen LogP contribution is -2.27. The maximum Gasteiger partial charge on any atom is 0.254 e. The Balaban J connectivity index is 1.90. The summed E-state index contributed by atoms with van der Waals surface area (Å²) >= 11 is 0. The number of rotatable bonds is 4. The van der Waals surface area contributed by atoms with Crippen LogP contribution in [0, 0.1) is 24.5 Å². The van der Waals surface area contributed by atoms with E-state index < -0.39 is 17.5 Å². The Morgan fingerprint density at radius 2 is 2.21 bits per heavy atom. The van der Waals surface area contributed by atoms with E-state index in [1.807, 2.05) is 0 Å². The predicted molar refractivity (Wildman–Crippen MR) is 69.0 cm³/mol. The normalized spacial score (nSPS) is 18.6. The van der Waals surface area contributed by atoms with E-state index in [-0.39, 0.29) is 11.1 Å². The summed E-state index contributed by atoms with van der Waals surface area (Å²) in [7, 11) is 0. The number of carbonyl (C=O) groups is 1. The van der Waals surface area contributed by atoms with E-state index in [9.17, 15) is 13.6 Å². The van der Waals surface area contributed by atoms with Crippen molar-refractivity contribution in [3.05, 3.63) is 34.9 Å². The number of aryl methyl sites for hydroxylation is 1. The summed E-state index contributed by atoms with van der Waals surface area (Å²) in [5.41, 5.74) is 0.176. The van der Waals surface area contributed by atoms with E-state index in [4.69, 9.17) is 0 Å². The zero-order valence-corrected chi connectivity index (χ0v) is 10.9. The van der Waals surface area contributed by atoms with Crippen LogP contribution in [0.5, 0.6) is 0 Å². The molecule has 19 heavy (non-hydrogen) atoms. The maximum atomic E-state index is 13.5. The van der Waals surface area contributed by atoms with E-state index in [2.05, 4.69) is 10.6 Å². The van der Waals surface area contributed by atoms with Crippen molar-refractivity contribution >= 4 is 5.91 Å². The fourth-order valence-corrected chi connectivity index (χ4v) is 2.28. The average Bonchev–Trinajstić information content (AvgIpc) is 2.86. The van der Waals surface area contributed by atoms with Gasteiger partial charge < -0.3 is 10.6 Å². The van der Waals surface area contributed by atoms with Crippen LogP contribution in [0.1, 0.15) is 28.8 Å². The van der Waals surface area contributed by atoms with E-state index in [0.717, 1.165) is 32.0 Å². The molecule has 2 rings (SSSR count). The first-order chi connectivity index (χ1) is 9.08. The molecular formula is C14H18F2N2O. The molecule has 104 valence electrons. The second kappa shape index (κ2) is 6.10. The minimum atomic E-state index is -0.817. The predicted octanol–water partition coefficient (Wildman–Crippen LogP) is 2.00. The van der Waals surface area contributed by atoms with Crippen LogP contribution in [0.2, 0.25) is 0 Å². The molecule has 0 radical (unpaired) electrons. The molecular weight excluding hydrogens is 250 g/mol. The Morgan fingerprint density at radius 1 is 1.42 bits per heavy atom. The van der Waals surface area contributed by atoms with Gasteiger partial charge >= 0.3 is 0 Å². The molecule has 1 amide bonds. The molecule has 1 aliphatic heterocycles. The minimum Gasteiger partial charge on any atom is -0.352 e. The van der Waals surface area contributed by atoms with Crippen LogP contribution in [0.4, 0.5) is 8.78 Å². The smallest absolute Gasteiger partial charge is 0.254 e. The molecule has 0 aromatic heterocycles. The molecule has 1 unspecified atom stereocenters. The number of hydrogen-bond donors (Lipinski definition) is 2. The second-order valence-corrected chi connectivity index (χ2v) is 4.98. The Morgan fingerprint density at radius 3 is 2.89 bits per heavy atom. The lowest BCUT2D eigenvalue weighted by atomic mass is 10.0. The van der Waals surface area contributed by atoms with E-state index in [1.54, 1.807) is 0 Å². The van der Waals surface area contributed by atoms with Gasteiger partial charge in [-0.25, -0.2) is 8.78 Å². The third-order valence-corrected chi connectivity index (χ3v) is 3.49. The van der Waals surface area contributed by atoms with Gasteiger partial charge in [-0.2, -0.15) is 0 Å². The van der Waals surface area contributed by atoms with Gasteiger partial charge in [0.25, 0.3) is 5.91 Å². The van der Waals surface area contributed by atoms with Gasteiger partial charge in [-0.15, -0.1) is 0 Å². The van der Waals surface area contributed by atoms with Crippen molar-refractivity contribution in [2.24, 2.45) is 5.92 Å². The van der Waals surface area contributed by atoms with Crippen LogP contribution >= 0.6 is 0 Å². The number of amides is 1. The first-order valence-electron chi connectivity index (χ1n) is 6.52. The molecule has 0 saturated carbocycles. The van der Waals surface area contributed by atoms with Crippen LogP contribution in [0.15, 0.2) is 12.1 Å². The molecule has 1 aliphatic rings. The number of carbonyl (C=O) groups excluding carboxylic acids is 1. The Kier molecular flexibility index (Phi) is 4.47. The van der Waals surface area contributed by atoms with Crippen LogP contribution in [-0.4, -0.2) is 25.5 Å². The van der Waals surface area contributed by atoms with Crippen molar-refractivity contribution in [1.29, 1.82) is 0 Å². The fourth-order valence-electron chi connectivity index (χ4n) is 2.28. The quantitative estimate of drug-likeness (QED) is 0.877. The molecule has 1 aromatic rings. The van der Waals surface area contributed by atoms with Crippen LogP contribution in [0.3, 0.4) is 0 Å². The van der Waals surface area contributed by atoms with E-state index in [1.165, 1.54) is 13.0 Å². The molecule has 1 atom stereocenters. The van der Waals surface area contributed by atoms with Crippen molar-refractivity contribution in [3.8, 4) is 0 Å². The molecule has 3 nitrogen and oxygen atoms in total. The third-order valence-electron chi connectivity index (χ3n) is 3.49. The summed E-state index contributed by atoms with van der Waals surface area (Å²) in [5, 5.41) is 5.93. The number of benzene rings is 1. The largest absolute Gasteiger partial charge is 0.352 e. The van der Waals surface area contributed by atoms with E-state index in [0.29, 0.717) is 12.5 Å². The highest BCUT2D eigenvalue weighted by atomic mass is 19.1. The molecule has 1 saturated heterocycles. The molecule has 0 spiro atoms. The van der Waals surface area contributed by atoms with Gasteiger partial charge in [0, 0.05) is 12.6 Å². The lowest BCUT2D eigenvalue weighted by molar-refractivity contribution is 0.0947. The van der Waals surface area contributed by atoms with Gasteiger partial charge in [-0.1, -0.05) is 0 Å². The molecule has 0 bridgehead atoms. The second-order valence-electron chi connectivity index (χ2n) is 4.98. The third kappa shape index (κ3) is 3.50. The van der Waals surface area contributed by atoms with Crippen molar-refractivity contribution in [2.45, 2.75) is 19.8 Å². The van der Waals surface area contributed by atoms with Gasteiger partial charge in [0.05, 0.1) is 5.56 Å². The number of hydrogen-bond acceptors (Lipinski definition) is 2. The highest BCUT2D eigenvalue weighted by molar-refractivity contribution is 5.94. The Labute approximate surface area is 111 Å². The lowest BCUT2D eigenvalue weighted by Gasteiger charge is -2.10. The molecule has 1 heterocycles. The van der Waals surface area contributed by atoms with Gasteiger partial charge in [0.2, 0.25) is 0 Å². The topological polar surface area (TPSA) is 41.1 Å². The van der Waals surface area contributed by atoms with Gasteiger partial charge in [0.1, 0.15) is 11.6 Å². The van der Waals surface area contributed by atoms with Crippen molar-refractivity contribution in [2.75, 3.05) is 19.6 Å². The van der Waals surface area contributed by atoms with Gasteiger partial charge in [-0.3, -0.25) is 4.79 Å². The molecule has 1 fully saturated rings. The van der Waals surface area contributed by atoms with Crippen LogP contribution in [0.25, 0.3) is 0 Å². The highest BCUT2D eigenvalue weighted by Gasteiger charge is 2.16. The maximum absolute atomic E-state index is 13.5. The SMILES string of the molecule is Cc1cc(C(=O)NCCC2CCNC2)c(F)cc1F. The monoisotopic (exact) mass is 268 g/mol. The summed E-state index contributed by atoms with van der Waals surface area (Å²) in [6.45, 7) is 4.01. The zero-order valence-electron chi connectivity index (χ0n) is 10.9. The first kappa shape index (κ1) is 13.9. The highest BCUT2D eigenvalue weighted by Crippen LogP contribution is 2.15. The first-order valence-corrected chi connectivity index (χ1v) is 6.52. The van der Waals surface area contributed by atoms with Crippen molar-refractivity contribution in [1.82, 2.24) is 10.6 Å². The minimum absolute atomic E-state index is 0.0940. The van der Waals surface area contributed by atoms with Crippen LogP contribution in [-0.2, 0) is 0 Å². The fraction of sp³-hybridized carbons (Fsp3) is 0.500. The standard InChI is InChI=1S/C14H18F2N2O/c1-9-6-11(13(16)7-12(9)15)14(19)18-5-3-10-2-4-17-8-10/h6-7,10,17H,2-5,8H2,1H3,(H,18,19). The van der Waals surface area contributed by atoms with E-state index >= 15 is 0 Å². The zero-order chi connectivity index (χ0) is 13.8. The number of nitrogens with one attached hydrogen (secondary N) is 2.